The average molecular weight is 1000 g/mol. The monoisotopic (exact) mass is 1000 g/mol. The average Bonchev–Trinajstić information content (AvgIpc) is 3.37. The zero-order chi connectivity index (χ0) is 51.3. The third kappa shape index (κ3) is 42.9. The smallest absolute Gasteiger partial charge is 0.306 e. The first kappa shape index (κ1) is 66.9. The Labute approximate surface area is 436 Å². The number of rotatable bonds is 52. The number of carbonyl (C=O) groups is 1. The van der Waals surface area contributed by atoms with Crippen LogP contribution in [-0.2, 0) is 23.7 Å². The van der Waals surface area contributed by atoms with Crippen molar-refractivity contribution in [1.29, 1.82) is 0 Å². The number of unbranched alkanes of at least 4 members (excludes halogenated alkanes) is 31. The van der Waals surface area contributed by atoms with Gasteiger partial charge in [-0.1, -0.05) is 261 Å². The first-order valence-corrected chi connectivity index (χ1v) is 29.9. The molecule has 0 bridgehead atoms. The Bertz CT molecular complexity index is 1280. The van der Waals surface area contributed by atoms with Crippen LogP contribution in [0.3, 0.4) is 0 Å². The highest BCUT2D eigenvalue weighted by molar-refractivity contribution is 5.69. The number of allylic oxidation sites excluding steroid dienone is 10. The molecule has 1 rings (SSSR count). The molecule has 0 aliphatic carbocycles. The number of hydrogen-bond donors (Lipinski definition) is 4. The largest absolute Gasteiger partial charge is 0.457 e. The normalized spacial score (nSPS) is 19.2. The minimum atomic E-state index is -1.54. The molecule has 9 heteroatoms. The molecular formula is C62H112O9. The van der Waals surface area contributed by atoms with Gasteiger partial charge < -0.3 is 39.4 Å². The fourth-order valence-corrected chi connectivity index (χ4v) is 9.11. The Morgan fingerprint density at radius 1 is 0.465 bits per heavy atom. The van der Waals surface area contributed by atoms with Gasteiger partial charge in [-0.2, -0.15) is 0 Å². The van der Waals surface area contributed by atoms with E-state index in [1.54, 1.807) is 0 Å². The summed E-state index contributed by atoms with van der Waals surface area (Å²) in [6, 6.07) is 0. The molecule has 0 aromatic heterocycles. The molecule has 414 valence electrons. The van der Waals surface area contributed by atoms with Crippen molar-refractivity contribution in [3.63, 3.8) is 0 Å². The van der Waals surface area contributed by atoms with Crippen LogP contribution >= 0.6 is 0 Å². The quantitative estimate of drug-likeness (QED) is 0.0267. The van der Waals surface area contributed by atoms with Crippen molar-refractivity contribution in [2.75, 3.05) is 26.4 Å². The maximum absolute atomic E-state index is 12.9. The Morgan fingerprint density at radius 3 is 1.30 bits per heavy atom. The van der Waals surface area contributed by atoms with Crippen LogP contribution in [0.25, 0.3) is 0 Å². The first-order valence-electron chi connectivity index (χ1n) is 29.9. The molecule has 6 unspecified atom stereocenters. The number of ether oxygens (including phenoxy) is 4. The fraction of sp³-hybridized carbons (Fsp3) is 0.823. The van der Waals surface area contributed by atoms with E-state index in [0.717, 1.165) is 77.0 Å². The van der Waals surface area contributed by atoms with Crippen LogP contribution in [0.2, 0.25) is 0 Å². The summed E-state index contributed by atoms with van der Waals surface area (Å²) in [4.78, 5) is 12.9. The van der Waals surface area contributed by atoms with Crippen LogP contribution in [-0.4, -0.2) is 89.6 Å². The molecule has 1 heterocycles. The molecule has 4 N–H and O–H groups in total. The molecule has 71 heavy (non-hydrogen) atoms. The molecule has 6 atom stereocenters. The van der Waals surface area contributed by atoms with E-state index in [2.05, 4.69) is 74.6 Å². The molecule has 9 nitrogen and oxygen atoms in total. The summed E-state index contributed by atoms with van der Waals surface area (Å²) in [6.45, 7) is 4.48. The Kier molecular flexibility index (Phi) is 49.7. The van der Waals surface area contributed by atoms with Crippen LogP contribution in [0.4, 0.5) is 0 Å². The predicted molar refractivity (Wildman–Crippen MR) is 298 cm³/mol. The molecule has 0 aromatic carbocycles. The van der Waals surface area contributed by atoms with Gasteiger partial charge in [-0.25, -0.2) is 0 Å². The summed E-state index contributed by atoms with van der Waals surface area (Å²) in [6.07, 6.45) is 62.7. The predicted octanol–water partition coefficient (Wildman–Crippen LogP) is 15.8. The van der Waals surface area contributed by atoms with E-state index >= 15 is 0 Å². The van der Waals surface area contributed by atoms with Gasteiger partial charge in [0.25, 0.3) is 0 Å². The summed E-state index contributed by atoms with van der Waals surface area (Å²) in [5.41, 5.74) is 0. The fourth-order valence-electron chi connectivity index (χ4n) is 9.11. The maximum Gasteiger partial charge on any atom is 0.306 e. The molecule has 0 spiro atoms. The molecule has 1 fully saturated rings. The van der Waals surface area contributed by atoms with Crippen LogP contribution < -0.4 is 0 Å². The van der Waals surface area contributed by atoms with Crippen molar-refractivity contribution >= 4 is 5.97 Å². The third-order valence-corrected chi connectivity index (χ3v) is 13.7. The zero-order valence-corrected chi connectivity index (χ0v) is 46.0. The highest BCUT2D eigenvalue weighted by atomic mass is 16.7. The van der Waals surface area contributed by atoms with E-state index < -0.39 is 43.4 Å². The summed E-state index contributed by atoms with van der Waals surface area (Å²) < 4.78 is 23.0. The van der Waals surface area contributed by atoms with Crippen LogP contribution in [0.1, 0.15) is 264 Å². The lowest BCUT2D eigenvalue weighted by Crippen LogP contribution is -2.59. The highest BCUT2D eigenvalue weighted by Crippen LogP contribution is 2.23. The maximum atomic E-state index is 12.9. The highest BCUT2D eigenvalue weighted by Gasteiger charge is 2.44. The van der Waals surface area contributed by atoms with E-state index in [0.29, 0.717) is 13.0 Å². The zero-order valence-electron chi connectivity index (χ0n) is 46.0. The van der Waals surface area contributed by atoms with Gasteiger partial charge in [0, 0.05) is 13.0 Å². The number of esters is 1. The molecule has 1 aliphatic heterocycles. The van der Waals surface area contributed by atoms with E-state index in [4.69, 9.17) is 18.9 Å². The molecular weight excluding hydrogens is 889 g/mol. The number of aliphatic hydroxyl groups excluding tert-OH is 4. The second kappa shape index (κ2) is 52.7. The second-order valence-electron chi connectivity index (χ2n) is 20.4. The molecule has 0 amide bonds. The molecule has 0 saturated carbocycles. The third-order valence-electron chi connectivity index (χ3n) is 13.7. The summed E-state index contributed by atoms with van der Waals surface area (Å²) >= 11 is 0. The van der Waals surface area contributed by atoms with Gasteiger partial charge in [0.2, 0.25) is 0 Å². The van der Waals surface area contributed by atoms with E-state index in [9.17, 15) is 25.2 Å². The van der Waals surface area contributed by atoms with Crippen molar-refractivity contribution in [2.24, 2.45) is 0 Å². The van der Waals surface area contributed by atoms with Crippen molar-refractivity contribution in [3.05, 3.63) is 60.8 Å². The number of aliphatic hydroxyl groups is 4. The van der Waals surface area contributed by atoms with Crippen LogP contribution in [0.15, 0.2) is 60.8 Å². The molecule has 0 aromatic rings. The van der Waals surface area contributed by atoms with Crippen molar-refractivity contribution in [3.8, 4) is 0 Å². The standard InChI is InChI=1S/C62H112O9/c1-3-5-7-9-11-13-15-17-19-21-23-25-27-28-30-32-34-36-38-40-42-44-46-48-50-52-68-54-56(55-69-62-61(67)60(66)59(65)57(53-63)71-62)70-58(64)51-49-47-45-43-41-39-37-35-33-31-29-26-24-22-20-18-16-14-12-10-8-6-4-2/h6,8,12,14,18,20,24,26,31,33,56-57,59-63,65-67H,3-5,7,9-11,13,15-17,19,21-23,25,27-30,32,34-55H2,1-2H3/b8-6-,14-12-,20-18-,26-24-,33-31-. The Balaban J connectivity index is 2.14. The van der Waals surface area contributed by atoms with Gasteiger partial charge in [-0.15, -0.1) is 0 Å². The van der Waals surface area contributed by atoms with Crippen molar-refractivity contribution in [1.82, 2.24) is 0 Å². The Hall–Kier alpha value is -2.11. The van der Waals surface area contributed by atoms with E-state index in [-0.39, 0.29) is 19.2 Å². The molecule has 1 aliphatic rings. The summed E-state index contributed by atoms with van der Waals surface area (Å²) in [7, 11) is 0. The number of hydrogen-bond acceptors (Lipinski definition) is 9. The van der Waals surface area contributed by atoms with Gasteiger partial charge in [0.05, 0.1) is 19.8 Å². The van der Waals surface area contributed by atoms with E-state index in [1.807, 2.05) is 0 Å². The van der Waals surface area contributed by atoms with Crippen molar-refractivity contribution < 1.29 is 44.2 Å². The number of carbonyl (C=O) groups excluding carboxylic acids is 1. The molecule has 1 saturated heterocycles. The van der Waals surface area contributed by atoms with Gasteiger partial charge >= 0.3 is 5.97 Å². The first-order chi connectivity index (χ1) is 34.9. The lowest BCUT2D eigenvalue weighted by atomic mass is 9.99. The lowest BCUT2D eigenvalue weighted by molar-refractivity contribution is -0.305. The Morgan fingerprint density at radius 2 is 0.859 bits per heavy atom. The van der Waals surface area contributed by atoms with Gasteiger partial charge in [-0.05, 0) is 57.8 Å². The van der Waals surface area contributed by atoms with Gasteiger partial charge in [0.15, 0.2) is 6.29 Å². The van der Waals surface area contributed by atoms with Gasteiger partial charge in [-0.3, -0.25) is 4.79 Å². The van der Waals surface area contributed by atoms with Crippen LogP contribution in [0, 0.1) is 0 Å². The SMILES string of the molecule is CC/C=C\C/C=C\C/C=C\C/C=C\C/C=C\CCCCCCCCCC(=O)OC(COCCCCCCCCCCCCCCCCCCCCCCCCCCC)COC1OC(CO)C(O)C(O)C1O. The van der Waals surface area contributed by atoms with Crippen LogP contribution in [0.5, 0.6) is 0 Å². The summed E-state index contributed by atoms with van der Waals surface area (Å²) in [5.74, 6) is -0.321. The van der Waals surface area contributed by atoms with Crippen molar-refractivity contribution in [2.45, 2.75) is 301 Å². The van der Waals surface area contributed by atoms with Gasteiger partial charge in [0.1, 0.15) is 30.5 Å². The lowest BCUT2D eigenvalue weighted by Gasteiger charge is -2.39. The molecule has 0 radical (unpaired) electrons. The van der Waals surface area contributed by atoms with E-state index in [1.165, 1.54) is 167 Å². The minimum Gasteiger partial charge on any atom is -0.457 e. The topological polar surface area (TPSA) is 135 Å². The summed E-state index contributed by atoms with van der Waals surface area (Å²) in [5, 5.41) is 40.4. The minimum absolute atomic E-state index is 0.118. The second-order valence-corrected chi connectivity index (χ2v) is 20.4.